The van der Waals surface area contributed by atoms with E-state index in [-0.39, 0.29) is 37.3 Å². The smallest absolute Gasteiger partial charge is 0.410 e. The van der Waals surface area contributed by atoms with E-state index in [1.165, 1.54) is 18.9 Å². The Morgan fingerprint density at radius 3 is 2.37 bits per heavy atom. The van der Waals surface area contributed by atoms with Crippen LogP contribution in [0.15, 0.2) is 30.5 Å². The normalized spacial score (nSPS) is 37.1. The molecule has 3 fully saturated rings. The first-order chi connectivity index (χ1) is 28.1. The molecule has 16 nitrogen and oxygen atoms in total. The summed E-state index contributed by atoms with van der Waals surface area (Å²) in [6, 6.07) is 6.02. The predicted molar refractivity (Wildman–Crippen MR) is 219 cm³/mol. The van der Waals surface area contributed by atoms with Crippen molar-refractivity contribution in [1.82, 2.24) is 24.8 Å². The first kappa shape index (κ1) is 47.0. The van der Waals surface area contributed by atoms with Gasteiger partial charge in [-0.2, -0.15) is 0 Å². The number of cyclic esters (lactones) is 1. The summed E-state index contributed by atoms with van der Waals surface area (Å²) < 4.78 is 49.2. The Morgan fingerprint density at radius 2 is 1.73 bits per heavy atom. The molecule has 1 amide bonds. The van der Waals surface area contributed by atoms with Gasteiger partial charge in [-0.25, -0.2) is 14.0 Å². The number of rotatable bonds is 11. The van der Waals surface area contributed by atoms with Crippen molar-refractivity contribution in [3.8, 4) is 11.3 Å². The number of carbonyl (C=O) groups is 4. The minimum Gasteiger partial charge on any atom is -0.455 e. The van der Waals surface area contributed by atoms with Gasteiger partial charge in [-0.05, 0) is 86.0 Å². The number of likely N-dealkylation sites (N-methyl/N-ethyl adjacent to an activating group) is 1. The Hall–Kier alpha value is -4.03. The van der Waals surface area contributed by atoms with Gasteiger partial charge in [0.2, 0.25) is 0 Å². The number of hydrogen-bond donors (Lipinski definition) is 2. The highest BCUT2D eigenvalue weighted by Gasteiger charge is 2.61. The molecule has 5 rings (SSSR count). The van der Waals surface area contributed by atoms with Gasteiger partial charge in [0.15, 0.2) is 17.7 Å². The van der Waals surface area contributed by atoms with Crippen LogP contribution in [0.2, 0.25) is 0 Å². The van der Waals surface area contributed by atoms with Crippen LogP contribution in [0.3, 0.4) is 0 Å². The molecular formula is C43H65FN6O10. The van der Waals surface area contributed by atoms with Gasteiger partial charge in [-0.1, -0.05) is 45.0 Å². The van der Waals surface area contributed by atoms with E-state index in [9.17, 15) is 24.3 Å². The highest BCUT2D eigenvalue weighted by atomic mass is 19.1. The summed E-state index contributed by atoms with van der Waals surface area (Å²) >= 11 is 0. The standard InChI is InChI=1S/C43H65FN6O10/c1-12-32-43(8)35(50(40(55)60-43)19-14-13-18-49-23-30(46-47-49)28-16-15-17-29(45)21-28)26(4)33(51)24(2)22-41(6,56-11)37(27(5)36(53)42(7,44)39(54)58-32)59-38-34(52)31(48(9)10)20-25(3)57-38/h15-17,21,23-27,31-32,34-35,37-38,52H,12-14,18-20,22,45H2,1-11H3/t24-,25+,26-,27-,31-,32-,34-,35-,37-,38-,41+,42+,43-/m0/s1. The fourth-order valence-corrected chi connectivity index (χ4v) is 9.51. The highest BCUT2D eigenvalue weighted by Crippen LogP contribution is 2.44. The minimum absolute atomic E-state index is 0.0111. The molecule has 2 aromatic rings. The summed E-state index contributed by atoms with van der Waals surface area (Å²) in [5.41, 5.74) is 1.80. The number of methoxy groups -OCH3 is 1. The van der Waals surface area contributed by atoms with E-state index >= 15 is 4.39 Å². The first-order valence-corrected chi connectivity index (χ1v) is 21.0. The zero-order chi connectivity index (χ0) is 44.5. The maximum atomic E-state index is 16.9. The third kappa shape index (κ3) is 9.39. The van der Waals surface area contributed by atoms with Gasteiger partial charge < -0.3 is 44.3 Å². The quantitative estimate of drug-likeness (QED) is 0.138. The van der Waals surface area contributed by atoms with E-state index in [0.29, 0.717) is 37.2 Å². The zero-order valence-electron chi connectivity index (χ0n) is 36.9. The summed E-state index contributed by atoms with van der Waals surface area (Å²) in [6.45, 7) is 13.1. The largest absolute Gasteiger partial charge is 0.455 e. The number of aliphatic hydroxyl groups is 1. The maximum Gasteiger partial charge on any atom is 0.410 e. The van der Waals surface area contributed by atoms with Crippen molar-refractivity contribution in [2.45, 2.75) is 154 Å². The number of nitrogen functional groups attached to an aromatic ring is 1. The topological polar surface area (TPSA) is 198 Å². The molecule has 60 heavy (non-hydrogen) atoms. The van der Waals surface area contributed by atoms with Crippen LogP contribution in [0, 0.1) is 17.8 Å². The lowest BCUT2D eigenvalue weighted by Gasteiger charge is -2.47. The number of esters is 1. The predicted octanol–water partition coefficient (Wildman–Crippen LogP) is 4.60. The number of fused-ring (bicyclic) bond motifs is 1. The zero-order valence-corrected chi connectivity index (χ0v) is 36.9. The molecule has 4 heterocycles. The van der Waals surface area contributed by atoms with Gasteiger partial charge in [0, 0.05) is 55.2 Å². The van der Waals surface area contributed by atoms with E-state index in [2.05, 4.69) is 10.3 Å². The average molecular weight is 845 g/mol. The number of halogens is 1. The molecule has 3 aliphatic rings. The van der Waals surface area contributed by atoms with Crippen molar-refractivity contribution in [3.63, 3.8) is 0 Å². The lowest BCUT2D eigenvalue weighted by atomic mass is 9.73. The molecule has 1 aromatic carbocycles. The first-order valence-electron chi connectivity index (χ1n) is 21.0. The number of alkyl halides is 1. The monoisotopic (exact) mass is 844 g/mol. The van der Waals surface area contributed by atoms with E-state index in [0.717, 1.165) is 12.5 Å². The molecular weight excluding hydrogens is 780 g/mol. The number of Topliss-reactive ketones (excluding diaryl/α,β-unsaturated/α-hetero) is 2. The molecule has 0 unspecified atom stereocenters. The minimum atomic E-state index is -3.19. The summed E-state index contributed by atoms with van der Waals surface area (Å²) in [5, 5.41) is 19.9. The Morgan fingerprint density at radius 1 is 1.05 bits per heavy atom. The lowest BCUT2D eigenvalue weighted by Crippen LogP contribution is -2.61. The van der Waals surface area contributed by atoms with Gasteiger partial charge in [0.25, 0.3) is 5.67 Å². The molecule has 3 N–H and O–H groups in total. The molecule has 0 saturated carbocycles. The molecule has 334 valence electrons. The molecule has 0 spiro atoms. The lowest BCUT2D eigenvalue weighted by molar-refractivity contribution is -0.295. The van der Waals surface area contributed by atoms with Crippen LogP contribution in [-0.2, 0) is 44.6 Å². The number of aliphatic hydroxyl groups excluding tert-OH is 1. The summed E-state index contributed by atoms with van der Waals surface area (Å²) in [5.74, 6) is -5.85. The molecule has 0 aliphatic carbocycles. The SMILES string of the molecule is CC[C@@H]1OC(=O)[C@](C)(F)C(=O)[C@H](C)[C@H](O[C@@H]2O[C@H](C)C[C@H](N(C)C)[C@@H]2O)[C@](C)(OC)C[C@H](C)C(=O)[C@H](C)[C@@H]2N(CCCCn3cc(-c4cccc(N)c4)nn3)C(=O)O[C@@]12C. The molecule has 1 aromatic heterocycles. The summed E-state index contributed by atoms with van der Waals surface area (Å²) in [6.07, 6.45) is -2.57. The molecule has 3 saturated heterocycles. The van der Waals surface area contributed by atoms with Crippen LogP contribution in [0.5, 0.6) is 0 Å². The highest BCUT2D eigenvalue weighted by molar-refractivity contribution is 6.08. The van der Waals surface area contributed by atoms with Crippen molar-refractivity contribution < 1.29 is 52.4 Å². The van der Waals surface area contributed by atoms with Crippen molar-refractivity contribution in [1.29, 1.82) is 0 Å². The fourth-order valence-electron chi connectivity index (χ4n) is 9.51. The molecule has 0 radical (unpaired) electrons. The van der Waals surface area contributed by atoms with Gasteiger partial charge in [0.1, 0.15) is 23.7 Å². The summed E-state index contributed by atoms with van der Waals surface area (Å²) in [4.78, 5) is 60.1. The second-order valence-corrected chi connectivity index (χ2v) is 17.8. The van der Waals surface area contributed by atoms with Gasteiger partial charge in [0.05, 0.1) is 30.0 Å². The van der Waals surface area contributed by atoms with Crippen LogP contribution in [0.4, 0.5) is 14.9 Å². The number of nitrogens with zero attached hydrogens (tertiary/aromatic N) is 5. The van der Waals surface area contributed by atoms with Crippen molar-refractivity contribution in [2.24, 2.45) is 17.8 Å². The number of anilines is 1. The Balaban J connectivity index is 1.45. The average Bonchev–Trinajstić information content (AvgIpc) is 3.78. The summed E-state index contributed by atoms with van der Waals surface area (Å²) in [7, 11) is 5.04. The van der Waals surface area contributed by atoms with E-state index in [1.807, 2.05) is 50.3 Å². The fraction of sp³-hybridized carbons (Fsp3) is 0.721. The van der Waals surface area contributed by atoms with Crippen LogP contribution >= 0.6 is 0 Å². The van der Waals surface area contributed by atoms with Crippen LogP contribution < -0.4 is 5.73 Å². The number of benzene rings is 1. The number of unbranched alkanes of at least 4 members (excludes halogenated alkanes) is 1. The molecule has 0 bridgehead atoms. The second-order valence-electron chi connectivity index (χ2n) is 17.8. The van der Waals surface area contributed by atoms with Gasteiger partial charge in [-0.3, -0.25) is 14.3 Å². The molecule has 17 heteroatoms. The molecule has 3 aliphatic heterocycles. The third-order valence-electron chi connectivity index (χ3n) is 12.9. The number of ether oxygens (including phenoxy) is 5. The molecule has 13 atom stereocenters. The Bertz CT molecular complexity index is 1860. The number of amides is 1. The Kier molecular flexibility index (Phi) is 14.5. The maximum absolute atomic E-state index is 16.9. The van der Waals surface area contributed by atoms with Crippen LogP contribution in [0.1, 0.15) is 87.5 Å². The van der Waals surface area contributed by atoms with Crippen molar-refractivity contribution >= 4 is 29.3 Å². The second kappa shape index (κ2) is 18.5. The van der Waals surface area contributed by atoms with Crippen LogP contribution in [-0.4, -0.2) is 141 Å². The number of aryl methyl sites for hydroxylation is 1. The number of aromatic nitrogens is 3. The van der Waals surface area contributed by atoms with Crippen molar-refractivity contribution in [3.05, 3.63) is 30.5 Å². The van der Waals surface area contributed by atoms with Gasteiger partial charge >= 0.3 is 12.1 Å². The number of ketones is 2. The van der Waals surface area contributed by atoms with Crippen LogP contribution in [0.25, 0.3) is 11.3 Å². The third-order valence-corrected chi connectivity index (χ3v) is 12.9. The van der Waals surface area contributed by atoms with E-state index < -0.39 is 83.1 Å². The number of nitrogens with two attached hydrogens (primary N) is 1. The van der Waals surface area contributed by atoms with Gasteiger partial charge in [-0.15, -0.1) is 5.10 Å². The Labute approximate surface area is 352 Å². The number of hydrogen-bond acceptors (Lipinski definition) is 14. The van der Waals surface area contributed by atoms with Crippen molar-refractivity contribution in [2.75, 3.05) is 33.5 Å². The van der Waals surface area contributed by atoms with E-state index in [4.69, 9.17) is 29.4 Å². The van der Waals surface area contributed by atoms with E-state index in [1.54, 1.807) is 45.4 Å². The number of carbonyl (C=O) groups excluding carboxylic acids is 4.